The molecular weight excluding hydrogens is 574 g/mol. The van der Waals surface area contributed by atoms with Gasteiger partial charge in [-0.15, -0.1) is 0 Å². The van der Waals surface area contributed by atoms with Crippen molar-refractivity contribution in [3.8, 4) is 17.3 Å². The van der Waals surface area contributed by atoms with Crippen LogP contribution in [0.15, 0.2) is 97.8 Å². The third kappa shape index (κ3) is 9.60. The number of benzene rings is 1. The summed E-state index contributed by atoms with van der Waals surface area (Å²) >= 11 is 0. The average Bonchev–Trinajstić information content (AvgIpc) is 3.10. The molecule has 0 aliphatic rings. The zero-order valence-corrected chi connectivity index (χ0v) is 24.0. The van der Waals surface area contributed by atoms with Crippen molar-refractivity contribution in [3.63, 3.8) is 0 Å². The smallest absolute Gasteiger partial charge is 0.287 e. The molecule has 0 fully saturated rings. The zero-order valence-electron chi connectivity index (χ0n) is 24.0. The maximum atomic E-state index is 13.0. The van der Waals surface area contributed by atoms with Gasteiger partial charge in [0, 0.05) is 68.8 Å². The molecular formula is C31H29N11O3. The van der Waals surface area contributed by atoms with Gasteiger partial charge < -0.3 is 21.7 Å². The predicted molar refractivity (Wildman–Crippen MR) is 168 cm³/mol. The molecule has 0 spiro atoms. The van der Waals surface area contributed by atoms with Crippen LogP contribution in [0.3, 0.4) is 0 Å². The molecule has 1 amide bonds. The van der Waals surface area contributed by atoms with Gasteiger partial charge in [0.05, 0.1) is 27.8 Å². The Hall–Kier alpha value is -6.33. The van der Waals surface area contributed by atoms with Gasteiger partial charge in [0.25, 0.3) is 11.6 Å². The Morgan fingerprint density at radius 3 is 2.11 bits per heavy atom. The first-order chi connectivity index (χ1) is 22.0. The summed E-state index contributed by atoms with van der Waals surface area (Å²) in [6, 6.07) is 19.2. The van der Waals surface area contributed by atoms with E-state index in [0.29, 0.717) is 54.8 Å². The van der Waals surface area contributed by atoms with Crippen LogP contribution in [0.25, 0.3) is 11.3 Å². The summed E-state index contributed by atoms with van der Waals surface area (Å²) in [6.07, 6.45) is 9.42. The molecule has 0 saturated heterocycles. The number of carbonyl (C=O) groups excluding carboxylic acids is 1. The van der Waals surface area contributed by atoms with E-state index >= 15 is 0 Å². The van der Waals surface area contributed by atoms with E-state index in [0.717, 1.165) is 11.1 Å². The number of anilines is 2. The highest BCUT2D eigenvalue weighted by Gasteiger charge is 2.17. The van der Waals surface area contributed by atoms with Gasteiger partial charge in [0.15, 0.2) is 0 Å². The molecule has 0 aliphatic carbocycles. The lowest BCUT2D eigenvalue weighted by Crippen LogP contribution is -2.24. The van der Waals surface area contributed by atoms with Gasteiger partial charge in [-0.25, -0.2) is 15.0 Å². The molecule has 0 atom stereocenters. The van der Waals surface area contributed by atoms with Crippen LogP contribution in [-0.2, 0) is 13.1 Å². The normalized spacial score (nSPS) is 10.0. The van der Waals surface area contributed by atoms with Crippen molar-refractivity contribution < 1.29 is 9.72 Å². The first-order valence-corrected chi connectivity index (χ1v) is 13.7. The standard InChI is InChI=1S/C25H21N9O3.C6H8N2/c26-13-17-1-3-19(4-2-17)23-21(24(35)31-14-18-7-9-27-10-8-18)16-32-25(33-23)29-12-11-28-22-6-5-20(15-30-22)34(36)37;7-5-6-1-3-8-4-2-6/h1-10,15-16H,11-12,14H2,(H,28,30)(H,31,35)(H,29,32,33);1-4H,5,7H2. The fourth-order valence-electron chi connectivity index (χ4n) is 3.82. The van der Waals surface area contributed by atoms with Crippen LogP contribution in [0, 0.1) is 21.4 Å². The van der Waals surface area contributed by atoms with Gasteiger partial charge in [0.1, 0.15) is 12.0 Å². The molecule has 0 aliphatic heterocycles. The minimum Gasteiger partial charge on any atom is -0.368 e. The molecule has 5 N–H and O–H groups in total. The number of nitriles is 1. The summed E-state index contributed by atoms with van der Waals surface area (Å²) in [4.78, 5) is 43.9. The third-order valence-corrected chi connectivity index (χ3v) is 6.18. The predicted octanol–water partition coefficient (Wildman–Crippen LogP) is 3.71. The Morgan fingerprint density at radius 1 is 0.867 bits per heavy atom. The van der Waals surface area contributed by atoms with E-state index < -0.39 is 4.92 Å². The van der Waals surface area contributed by atoms with Gasteiger partial charge in [-0.3, -0.25) is 24.9 Å². The van der Waals surface area contributed by atoms with Gasteiger partial charge in [0.2, 0.25) is 5.95 Å². The van der Waals surface area contributed by atoms with Crippen molar-refractivity contribution in [1.29, 1.82) is 5.26 Å². The number of pyridine rings is 3. The lowest BCUT2D eigenvalue weighted by atomic mass is 10.0. The summed E-state index contributed by atoms with van der Waals surface area (Å²) in [5, 5.41) is 28.9. The number of carbonyl (C=O) groups is 1. The fourth-order valence-corrected chi connectivity index (χ4v) is 3.82. The topological polar surface area (TPSA) is 211 Å². The highest BCUT2D eigenvalue weighted by molar-refractivity contribution is 5.99. The monoisotopic (exact) mass is 603 g/mol. The Morgan fingerprint density at radius 2 is 1.53 bits per heavy atom. The Kier molecular flexibility index (Phi) is 11.5. The molecule has 14 heteroatoms. The summed E-state index contributed by atoms with van der Waals surface area (Å²) < 4.78 is 0. The lowest BCUT2D eigenvalue weighted by Gasteiger charge is -2.12. The van der Waals surface area contributed by atoms with E-state index in [2.05, 4.69) is 46.9 Å². The maximum absolute atomic E-state index is 13.0. The number of amides is 1. The molecule has 0 saturated carbocycles. The van der Waals surface area contributed by atoms with Crippen LogP contribution in [0.1, 0.15) is 27.0 Å². The molecule has 0 unspecified atom stereocenters. The van der Waals surface area contributed by atoms with Crippen LogP contribution < -0.4 is 21.7 Å². The van der Waals surface area contributed by atoms with Crippen molar-refractivity contribution in [2.75, 3.05) is 23.7 Å². The number of aromatic nitrogens is 5. The van der Waals surface area contributed by atoms with Gasteiger partial charge in [-0.1, -0.05) is 12.1 Å². The number of hydrogen-bond donors (Lipinski definition) is 4. The summed E-state index contributed by atoms with van der Waals surface area (Å²) in [5.74, 6) is 0.463. The molecule has 5 rings (SSSR count). The summed E-state index contributed by atoms with van der Waals surface area (Å²) in [5.41, 5.74) is 9.12. The van der Waals surface area contributed by atoms with E-state index in [1.54, 1.807) is 49.1 Å². The first kappa shape index (κ1) is 31.6. The molecule has 4 aromatic heterocycles. The minimum absolute atomic E-state index is 0.0858. The third-order valence-electron chi connectivity index (χ3n) is 6.18. The second-order valence-corrected chi connectivity index (χ2v) is 9.26. The number of nitro groups is 1. The van der Waals surface area contributed by atoms with E-state index in [1.165, 1.54) is 24.5 Å². The van der Waals surface area contributed by atoms with Crippen LogP contribution in [0.5, 0.6) is 0 Å². The van der Waals surface area contributed by atoms with E-state index in [4.69, 9.17) is 11.0 Å². The quantitative estimate of drug-likeness (QED) is 0.0967. The van der Waals surface area contributed by atoms with Crippen molar-refractivity contribution in [2.24, 2.45) is 5.73 Å². The second kappa shape index (κ2) is 16.3. The number of nitrogens with one attached hydrogen (secondary N) is 3. The molecule has 5 aromatic rings. The minimum atomic E-state index is -0.510. The van der Waals surface area contributed by atoms with Crippen LogP contribution in [0.2, 0.25) is 0 Å². The summed E-state index contributed by atoms with van der Waals surface area (Å²) in [6.45, 7) is 1.77. The maximum Gasteiger partial charge on any atom is 0.287 e. The summed E-state index contributed by atoms with van der Waals surface area (Å²) in [7, 11) is 0. The number of nitrogens with zero attached hydrogens (tertiary/aromatic N) is 7. The Labute approximate surface area is 258 Å². The highest BCUT2D eigenvalue weighted by Crippen LogP contribution is 2.23. The SMILES string of the molecule is N#Cc1ccc(-c2nc(NCCNc3ccc([N+](=O)[O-])cn3)ncc2C(=O)NCc2ccncc2)cc1.NCc1ccncc1. The Balaban J connectivity index is 0.000000501. The molecule has 4 heterocycles. The van der Waals surface area contributed by atoms with Crippen LogP contribution in [-0.4, -0.2) is 48.8 Å². The molecule has 0 bridgehead atoms. The average molecular weight is 604 g/mol. The van der Waals surface area contributed by atoms with Crippen molar-refractivity contribution in [2.45, 2.75) is 13.1 Å². The van der Waals surface area contributed by atoms with E-state index in [-0.39, 0.29) is 17.2 Å². The van der Waals surface area contributed by atoms with Gasteiger partial charge >= 0.3 is 0 Å². The highest BCUT2D eigenvalue weighted by atomic mass is 16.6. The lowest BCUT2D eigenvalue weighted by molar-refractivity contribution is -0.385. The van der Waals surface area contributed by atoms with E-state index in [9.17, 15) is 14.9 Å². The molecule has 45 heavy (non-hydrogen) atoms. The number of rotatable bonds is 11. The Bertz CT molecular complexity index is 1730. The van der Waals surface area contributed by atoms with Crippen molar-refractivity contribution in [1.82, 2.24) is 30.2 Å². The number of nitrogens with two attached hydrogens (primary N) is 1. The van der Waals surface area contributed by atoms with Crippen molar-refractivity contribution in [3.05, 3.63) is 130 Å². The van der Waals surface area contributed by atoms with Crippen molar-refractivity contribution >= 4 is 23.4 Å². The fraction of sp³-hybridized carbons (Fsp3) is 0.129. The molecule has 0 radical (unpaired) electrons. The van der Waals surface area contributed by atoms with E-state index in [1.807, 2.05) is 24.3 Å². The van der Waals surface area contributed by atoms with Gasteiger partial charge in [-0.2, -0.15) is 5.26 Å². The van der Waals surface area contributed by atoms with Crippen LogP contribution in [0.4, 0.5) is 17.5 Å². The second-order valence-electron chi connectivity index (χ2n) is 9.26. The number of hydrogen-bond acceptors (Lipinski definition) is 12. The molecule has 14 nitrogen and oxygen atoms in total. The molecule has 226 valence electrons. The largest absolute Gasteiger partial charge is 0.368 e. The zero-order chi connectivity index (χ0) is 31.9. The van der Waals surface area contributed by atoms with Crippen LogP contribution >= 0.6 is 0 Å². The van der Waals surface area contributed by atoms with Gasteiger partial charge in [-0.05, 0) is 53.6 Å². The molecule has 1 aromatic carbocycles. The first-order valence-electron chi connectivity index (χ1n) is 13.7.